The second-order valence-electron chi connectivity index (χ2n) is 7.54. The number of hydrogen-bond acceptors (Lipinski definition) is 4. The van der Waals surface area contributed by atoms with Crippen molar-refractivity contribution in [1.82, 2.24) is 4.68 Å². The van der Waals surface area contributed by atoms with Gasteiger partial charge >= 0.3 is 0 Å². The average molecular weight is 419 g/mol. The van der Waals surface area contributed by atoms with E-state index in [1.807, 2.05) is 0 Å². The van der Waals surface area contributed by atoms with Gasteiger partial charge in [-0.2, -0.15) is 4.68 Å². The Morgan fingerprint density at radius 1 is 0.929 bits per heavy atom. The van der Waals surface area contributed by atoms with E-state index in [1.165, 1.54) is 95.0 Å². The van der Waals surface area contributed by atoms with Crippen molar-refractivity contribution >= 4 is 10.4 Å². The molecule has 0 radical (unpaired) electrons. The summed E-state index contributed by atoms with van der Waals surface area (Å²) in [5.41, 5.74) is 2.75. The summed E-state index contributed by atoms with van der Waals surface area (Å²) in [5, 5.41) is 0. The largest absolute Gasteiger partial charge is 0.726 e. The first-order valence-corrected chi connectivity index (χ1v) is 12.1. The first-order valence-electron chi connectivity index (χ1n) is 10.8. The molecule has 0 atom stereocenters. The summed E-state index contributed by atoms with van der Waals surface area (Å²) < 4.78 is 35.7. The van der Waals surface area contributed by atoms with E-state index in [0.717, 1.165) is 7.11 Å². The molecule has 0 aliphatic heterocycles. The van der Waals surface area contributed by atoms with Crippen LogP contribution in [-0.4, -0.2) is 24.8 Å². The van der Waals surface area contributed by atoms with Crippen LogP contribution in [0.5, 0.6) is 0 Å². The molecule has 0 N–H and O–H groups in total. The van der Waals surface area contributed by atoms with Gasteiger partial charge in [-0.3, -0.25) is 4.18 Å². The molecule has 7 heteroatoms. The van der Waals surface area contributed by atoms with Gasteiger partial charge in [-0.1, -0.05) is 71.1 Å². The first kappa shape index (κ1) is 27.1. The van der Waals surface area contributed by atoms with Crippen LogP contribution in [-0.2, 0) is 28.2 Å². The van der Waals surface area contributed by atoms with E-state index in [-0.39, 0.29) is 0 Å². The Bertz CT molecular complexity index is 612. The number of unbranched alkanes of at least 4 members (excludes halogenated alkanes) is 11. The molecule has 0 spiro atoms. The van der Waals surface area contributed by atoms with Crippen LogP contribution in [0.25, 0.3) is 0 Å². The molecule has 0 bridgehead atoms. The van der Waals surface area contributed by atoms with Crippen LogP contribution in [0.1, 0.15) is 95.4 Å². The zero-order chi connectivity index (χ0) is 21.4. The Kier molecular flexibility index (Phi) is 15.4. The van der Waals surface area contributed by atoms with Crippen molar-refractivity contribution in [3.05, 3.63) is 17.5 Å². The summed E-state index contributed by atoms with van der Waals surface area (Å²) in [5.74, 6) is 0. The molecule has 28 heavy (non-hydrogen) atoms. The minimum Gasteiger partial charge on any atom is -0.726 e. The van der Waals surface area contributed by atoms with Gasteiger partial charge in [0.25, 0.3) is 0 Å². The van der Waals surface area contributed by atoms with E-state index < -0.39 is 10.4 Å². The molecule has 1 heterocycles. The lowest BCUT2D eigenvalue weighted by Crippen LogP contribution is -2.44. The maximum absolute atomic E-state index is 9.22. The van der Waals surface area contributed by atoms with Crippen molar-refractivity contribution in [2.45, 2.75) is 104 Å². The zero-order valence-electron chi connectivity index (χ0n) is 18.7. The predicted molar refractivity (Wildman–Crippen MR) is 113 cm³/mol. The van der Waals surface area contributed by atoms with Gasteiger partial charge in [0.15, 0.2) is 6.54 Å². The van der Waals surface area contributed by atoms with Crippen LogP contribution in [0.4, 0.5) is 0 Å². The number of rotatable bonds is 14. The highest BCUT2D eigenvalue weighted by Gasteiger charge is 2.13. The van der Waals surface area contributed by atoms with Crippen molar-refractivity contribution in [3.63, 3.8) is 0 Å². The maximum atomic E-state index is 9.22. The summed E-state index contributed by atoms with van der Waals surface area (Å²) in [4.78, 5) is 0. The van der Waals surface area contributed by atoms with Gasteiger partial charge in [0.05, 0.1) is 19.9 Å². The van der Waals surface area contributed by atoms with Gasteiger partial charge in [-0.25, -0.2) is 8.42 Å². The van der Waals surface area contributed by atoms with Crippen LogP contribution in [0.2, 0.25) is 0 Å². The Morgan fingerprint density at radius 2 is 1.32 bits per heavy atom. The fourth-order valence-corrected chi connectivity index (χ4v) is 3.33. The highest BCUT2D eigenvalue weighted by molar-refractivity contribution is 7.80. The van der Waals surface area contributed by atoms with Crippen molar-refractivity contribution in [1.29, 1.82) is 0 Å². The number of aryl methyl sites for hydroxylation is 2. The second-order valence-corrected chi connectivity index (χ2v) is 8.69. The molecule has 0 unspecified atom stereocenters. The van der Waals surface area contributed by atoms with Crippen molar-refractivity contribution < 1.29 is 21.8 Å². The summed E-state index contributed by atoms with van der Waals surface area (Å²) in [6, 6.07) is 2.28. The van der Waals surface area contributed by atoms with Crippen molar-refractivity contribution in [3.8, 4) is 0 Å². The van der Waals surface area contributed by atoms with Gasteiger partial charge in [-0.05, 0) is 13.3 Å². The highest BCUT2D eigenvalue weighted by Crippen LogP contribution is 2.12. The van der Waals surface area contributed by atoms with E-state index in [4.69, 9.17) is 0 Å². The van der Waals surface area contributed by atoms with E-state index >= 15 is 0 Å². The maximum Gasteiger partial charge on any atom is 0.217 e. The number of hydrogen-bond donors (Lipinski definition) is 0. The van der Waals surface area contributed by atoms with E-state index in [0.29, 0.717) is 0 Å². The minimum absolute atomic E-state index is 0.808. The Hall–Kier alpha value is -0.920. The van der Waals surface area contributed by atoms with Crippen molar-refractivity contribution in [2.75, 3.05) is 7.11 Å². The third-order valence-electron chi connectivity index (χ3n) is 5.13. The first-order chi connectivity index (χ1) is 13.2. The minimum atomic E-state index is -4.41. The monoisotopic (exact) mass is 418 g/mol. The highest BCUT2D eigenvalue weighted by atomic mass is 32.3. The topological polar surface area (TPSA) is 75.2 Å². The molecule has 0 aromatic carbocycles. The Balaban J connectivity index is 0.00000105. The molecule has 0 saturated carbocycles. The molecule has 0 aliphatic rings. The Labute approximate surface area is 173 Å². The second kappa shape index (κ2) is 15.9. The molecule has 1 aromatic heterocycles. The third kappa shape index (κ3) is 14.1. The normalized spacial score (nSPS) is 11.4. The third-order valence-corrected chi connectivity index (χ3v) is 5.53. The molecule has 0 aliphatic carbocycles. The molecule has 1 rings (SSSR count). The van der Waals surface area contributed by atoms with E-state index in [1.54, 1.807) is 0 Å². The lowest BCUT2D eigenvalue weighted by atomic mass is 10.1. The lowest BCUT2D eigenvalue weighted by molar-refractivity contribution is -0.778. The Morgan fingerprint density at radius 3 is 1.64 bits per heavy atom. The van der Waals surface area contributed by atoms with Gasteiger partial charge < -0.3 is 4.55 Å². The van der Waals surface area contributed by atoms with Crippen LogP contribution >= 0.6 is 0 Å². The predicted octanol–water partition coefficient (Wildman–Crippen LogP) is 4.72. The van der Waals surface area contributed by atoms with E-state index in [9.17, 15) is 13.0 Å². The molecular formula is C21H42N2O4S. The molecule has 6 nitrogen and oxygen atoms in total. The summed E-state index contributed by atoms with van der Waals surface area (Å²) >= 11 is 0. The zero-order valence-corrected chi connectivity index (χ0v) is 19.5. The summed E-state index contributed by atoms with van der Waals surface area (Å²) in [6.07, 6.45) is 17.1. The summed E-state index contributed by atoms with van der Waals surface area (Å²) in [6.45, 7) is 7.87. The van der Waals surface area contributed by atoms with Gasteiger partial charge in [0, 0.05) is 19.4 Å². The van der Waals surface area contributed by atoms with E-state index in [2.05, 4.69) is 47.4 Å². The SMILES string of the molecule is CCCCCCCCCCCCCC[n+]1c(C)cc(C)n1C.COS(=O)(=O)[O-]. The summed E-state index contributed by atoms with van der Waals surface area (Å²) in [7, 11) is -1.43. The molecule has 0 amide bonds. The quantitative estimate of drug-likeness (QED) is 0.189. The standard InChI is InChI=1S/C20H39N2.CH4O4S/c1-5-6-7-8-9-10-11-12-13-14-15-16-17-22-20(3)18-19(2)21(22)4;1-5-6(2,3)4/h18H,5-17H2,1-4H3;1H3,(H,2,3,4)/q+1;/p-1. The van der Waals surface area contributed by atoms with Gasteiger partial charge in [-0.15, -0.1) is 4.68 Å². The van der Waals surface area contributed by atoms with Crippen LogP contribution in [0.3, 0.4) is 0 Å². The number of nitrogens with zero attached hydrogens (tertiary/aromatic N) is 2. The fourth-order valence-electron chi connectivity index (χ4n) is 3.33. The molecule has 1 aromatic rings. The van der Waals surface area contributed by atoms with Crippen LogP contribution < -0.4 is 4.68 Å². The fraction of sp³-hybridized carbons (Fsp3) is 0.857. The molecule has 0 fully saturated rings. The van der Waals surface area contributed by atoms with Crippen LogP contribution in [0.15, 0.2) is 6.07 Å². The molecular weight excluding hydrogens is 376 g/mol. The van der Waals surface area contributed by atoms with Gasteiger partial charge in [0.2, 0.25) is 16.1 Å². The smallest absolute Gasteiger partial charge is 0.217 e. The molecule has 0 saturated heterocycles. The lowest BCUT2D eigenvalue weighted by Gasteiger charge is -2.03. The number of aromatic nitrogens is 2. The van der Waals surface area contributed by atoms with Gasteiger partial charge in [0.1, 0.15) is 0 Å². The molecule has 166 valence electrons. The van der Waals surface area contributed by atoms with Crippen molar-refractivity contribution in [2.24, 2.45) is 7.05 Å². The average Bonchev–Trinajstić information content (AvgIpc) is 2.88. The van der Waals surface area contributed by atoms with Crippen LogP contribution in [0, 0.1) is 13.8 Å².